The molecule has 0 spiro atoms. The quantitative estimate of drug-likeness (QED) is 0.929. The lowest BCUT2D eigenvalue weighted by Crippen LogP contribution is -2.03. The molecule has 1 aromatic heterocycles. The number of hydrogen-bond acceptors (Lipinski definition) is 4. The molecule has 1 N–H and O–H groups in total. The van der Waals surface area contributed by atoms with Crippen LogP contribution in [0.15, 0.2) is 18.2 Å². The normalized spacial score (nSPS) is 12.5. The van der Waals surface area contributed by atoms with E-state index in [0.29, 0.717) is 11.3 Å². The zero-order valence-electron chi connectivity index (χ0n) is 10.4. The number of aryl methyl sites for hydroxylation is 2. The molecule has 5 heteroatoms. The monoisotopic (exact) mass is 267 g/mol. The molecule has 0 saturated heterocycles. The summed E-state index contributed by atoms with van der Waals surface area (Å²) < 4.78 is 18.4. The predicted molar refractivity (Wildman–Crippen MR) is 68.6 cm³/mol. The Bertz CT molecular complexity index is 568. The number of thiazole rings is 1. The maximum Gasteiger partial charge on any atom is 0.125 e. The Kier molecular flexibility index (Phi) is 3.63. The highest BCUT2D eigenvalue weighted by Crippen LogP contribution is 2.34. The molecule has 3 nitrogen and oxygen atoms in total. The van der Waals surface area contributed by atoms with Crippen molar-refractivity contribution in [1.29, 1.82) is 0 Å². The SMILES string of the molecule is COc1ccc(F)cc1C(O)c1sc(C)nc1C. The fourth-order valence-electron chi connectivity index (χ4n) is 1.86. The highest BCUT2D eigenvalue weighted by Gasteiger charge is 2.20. The third-order valence-electron chi connectivity index (χ3n) is 2.67. The van der Waals surface area contributed by atoms with E-state index >= 15 is 0 Å². The Labute approximate surface area is 109 Å². The van der Waals surface area contributed by atoms with Crippen molar-refractivity contribution in [2.75, 3.05) is 7.11 Å². The Balaban J connectivity index is 2.48. The maximum atomic E-state index is 13.3. The van der Waals surface area contributed by atoms with Gasteiger partial charge < -0.3 is 9.84 Å². The number of aliphatic hydroxyl groups is 1. The van der Waals surface area contributed by atoms with Crippen LogP contribution in [-0.2, 0) is 0 Å². The summed E-state index contributed by atoms with van der Waals surface area (Å²) in [4.78, 5) is 4.98. The molecule has 0 aliphatic rings. The number of rotatable bonds is 3. The molecule has 0 fully saturated rings. The van der Waals surface area contributed by atoms with Crippen LogP contribution in [0.3, 0.4) is 0 Å². The van der Waals surface area contributed by atoms with E-state index in [-0.39, 0.29) is 0 Å². The third-order valence-corrected chi connectivity index (χ3v) is 3.80. The van der Waals surface area contributed by atoms with E-state index in [1.807, 2.05) is 13.8 Å². The van der Waals surface area contributed by atoms with Crippen molar-refractivity contribution in [1.82, 2.24) is 4.98 Å². The molecule has 1 heterocycles. The van der Waals surface area contributed by atoms with Crippen LogP contribution in [0.2, 0.25) is 0 Å². The molecule has 0 aliphatic carbocycles. The first-order valence-corrected chi connectivity index (χ1v) is 6.30. The van der Waals surface area contributed by atoms with Gasteiger partial charge in [-0.2, -0.15) is 0 Å². The summed E-state index contributed by atoms with van der Waals surface area (Å²) in [6.07, 6.45) is -0.915. The minimum Gasteiger partial charge on any atom is -0.496 e. The average Bonchev–Trinajstić information content (AvgIpc) is 2.67. The summed E-state index contributed by atoms with van der Waals surface area (Å²) in [6, 6.07) is 4.11. The molecule has 2 aromatic rings. The molecular formula is C13H14FNO2S. The maximum absolute atomic E-state index is 13.3. The number of nitrogens with zero attached hydrogens (tertiary/aromatic N) is 1. The molecule has 1 aromatic carbocycles. The van der Waals surface area contributed by atoms with E-state index in [1.165, 1.54) is 36.6 Å². The highest BCUT2D eigenvalue weighted by atomic mass is 32.1. The number of halogens is 1. The van der Waals surface area contributed by atoms with Gasteiger partial charge in [0.2, 0.25) is 0 Å². The van der Waals surface area contributed by atoms with E-state index in [1.54, 1.807) is 0 Å². The largest absolute Gasteiger partial charge is 0.496 e. The number of ether oxygens (including phenoxy) is 1. The summed E-state index contributed by atoms with van der Waals surface area (Å²) in [7, 11) is 1.49. The standard InChI is InChI=1S/C13H14FNO2S/c1-7-13(18-8(2)15-7)12(16)10-6-9(14)4-5-11(10)17-3/h4-6,12,16H,1-3H3. The second-order valence-corrected chi connectivity index (χ2v) is 5.21. The topological polar surface area (TPSA) is 42.4 Å². The predicted octanol–water partition coefficient (Wildman–Crippen LogP) is 2.99. The molecule has 0 aliphatic heterocycles. The van der Waals surface area contributed by atoms with Crippen LogP contribution in [-0.4, -0.2) is 17.2 Å². The first-order chi connectivity index (χ1) is 8.52. The first-order valence-electron chi connectivity index (χ1n) is 5.48. The van der Waals surface area contributed by atoms with Crippen molar-refractivity contribution in [3.05, 3.63) is 45.2 Å². The zero-order valence-corrected chi connectivity index (χ0v) is 11.2. The molecule has 18 heavy (non-hydrogen) atoms. The molecule has 96 valence electrons. The molecule has 0 amide bonds. The van der Waals surface area contributed by atoms with Gasteiger partial charge >= 0.3 is 0 Å². The Morgan fingerprint density at radius 2 is 2.11 bits per heavy atom. The molecule has 0 bridgehead atoms. The van der Waals surface area contributed by atoms with Crippen LogP contribution in [0.4, 0.5) is 4.39 Å². The molecule has 0 radical (unpaired) electrons. The third kappa shape index (κ3) is 2.37. The van der Waals surface area contributed by atoms with Crippen molar-refractivity contribution in [3.8, 4) is 5.75 Å². The number of aromatic nitrogens is 1. The van der Waals surface area contributed by atoms with Gasteiger partial charge in [-0.1, -0.05) is 0 Å². The van der Waals surface area contributed by atoms with Crippen LogP contribution in [0.1, 0.15) is 27.2 Å². The minimum absolute atomic E-state index is 0.399. The van der Waals surface area contributed by atoms with Gasteiger partial charge in [0, 0.05) is 5.56 Å². The van der Waals surface area contributed by atoms with Gasteiger partial charge in [-0.05, 0) is 32.0 Å². The number of aliphatic hydroxyl groups excluding tert-OH is 1. The van der Waals surface area contributed by atoms with Gasteiger partial charge in [0.25, 0.3) is 0 Å². The fourth-order valence-corrected chi connectivity index (χ4v) is 2.79. The van der Waals surface area contributed by atoms with E-state index in [9.17, 15) is 9.50 Å². The van der Waals surface area contributed by atoms with Gasteiger partial charge in [-0.15, -0.1) is 11.3 Å². The summed E-state index contributed by atoms with van der Waals surface area (Å²) in [6.45, 7) is 3.70. The number of benzene rings is 1. The number of methoxy groups -OCH3 is 1. The van der Waals surface area contributed by atoms with Crippen molar-refractivity contribution < 1.29 is 14.2 Å². The Morgan fingerprint density at radius 3 is 2.67 bits per heavy atom. The fraction of sp³-hybridized carbons (Fsp3) is 0.308. The minimum atomic E-state index is -0.915. The van der Waals surface area contributed by atoms with Crippen LogP contribution < -0.4 is 4.74 Å². The summed E-state index contributed by atoms with van der Waals surface area (Å²) in [5.74, 6) is 0.0677. The first kappa shape index (κ1) is 13.0. The average molecular weight is 267 g/mol. The van der Waals surface area contributed by atoms with Crippen molar-refractivity contribution in [2.45, 2.75) is 20.0 Å². The molecule has 1 atom stereocenters. The second kappa shape index (κ2) is 5.04. The van der Waals surface area contributed by atoms with Gasteiger partial charge in [0.1, 0.15) is 17.7 Å². The van der Waals surface area contributed by atoms with E-state index in [4.69, 9.17) is 4.74 Å². The highest BCUT2D eigenvalue weighted by molar-refractivity contribution is 7.11. The van der Waals surface area contributed by atoms with Gasteiger partial charge in [0.05, 0.1) is 22.7 Å². The molecule has 2 rings (SSSR count). The van der Waals surface area contributed by atoms with Crippen LogP contribution >= 0.6 is 11.3 Å². The zero-order chi connectivity index (χ0) is 13.3. The van der Waals surface area contributed by atoms with Crippen LogP contribution in [0, 0.1) is 19.7 Å². The lowest BCUT2D eigenvalue weighted by molar-refractivity contribution is 0.217. The molecular weight excluding hydrogens is 253 g/mol. The molecule has 1 unspecified atom stereocenters. The van der Waals surface area contributed by atoms with E-state index in [2.05, 4.69) is 4.98 Å². The lowest BCUT2D eigenvalue weighted by atomic mass is 10.1. The van der Waals surface area contributed by atoms with Gasteiger partial charge in [-0.25, -0.2) is 9.37 Å². The van der Waals surface area contributed by atoms with Crippen molar-refractivity contribution >= 4 is 11.3 Å². The van der Waals surface area contributed by atoms with Crippen molar-refractivity contribution in [2.24, 2.45) is 0 Å². The van der Waals surface area contributed by atoms with Crippen molar-refractivity contribution in [3.63, 3.8) is 0 Å². The second-order valence-electron chi connectivity index (χ2n) is 3.97. The van der Waals surface area contributed by atoms with E-state index < -0.39 is 11.9 Å². The summed E-state index contributed by atoms with van der Waals surface area (Å²) in [5.41, 5.74) is 1.18. The van der Waals surface area contributed by atoms with Gasteiger partial charge in [0.15, 0.2) is 0 Å². The Hall–Kier alpha value is -1.46. The van der Waals surface area contributed by atoms with Crippen LogP contribution in [0.25, 0.3) is 0 Å². The van der Waals surface area contributed by atoms with E-state index in [0.717, 1.165) is 15.6 Å². The number of hydrogen-bond donors (Lipinski definition) is 1. The van der Waals surface area contributed by atoms with Gasteiger partial charge in [-0.3, -0.25) is 0 Å². The Morgan fingerprint density at radius 1 is 1.39 bits per heavy atom. The smallest absolute Gasteiger partial charge is 0.125 e. The summed E-state index contributed by atoms with van der Waals surface area (Å²) in [5, 5.41) is 11.2. The van der Waals surface area contributed by atoms with Crippen LogP contribution in [0.5, 0.6) is 5.75 Å². The molecule has 0 saturated carbocycles. The summed E-state index contributed by atoms with van der Waals surface area (Å²) >= 11 is 1.40. The lowest BCUT2D eigenvalue weighted by Gasteiger charge is -2.14.